The summed E-state index contributed by atoms with van der Waals surface area (Å²) in [6.45, 7) is 2.80. The number of carbonyl (C=O) groups is 1. The molecular weight excluding hydrogens is 437 g/mol. The third-order valence-electron chi connectivity index (χ3n) is 6.47. The average Bonchev–Trinajstić information content (AvgIpc) is 3.44. The van der Waals surface area contributed by atoms with Crippen LogP contribution < -0.4 is 5.73 Å². The largest absolute Gasteiger partial charge is 0.416 e. The zero-order chi connectivity index (χ0) is 23.5. The van der Waals surface area contributed by atoms with Crippen LogP contribution in [0.5, 0.6) is 0 Å². The quantitative estimate of drug-likeness (QED) is 0.601. The highest BCUT2D eigenvalue weighted by Gasteiger charge is 2.36. The van der Waals surface area contributed by atoms with E-state index in [0.29, 0.717) is 53.3 Å². The van der Waals surface area contributed by atoms with E-state index >= 15 is 0 Å². The Kier molecular flexibility index (Phi) is 5.09. The molecule has 0 radical (unpaired) electrons. The molecule has 5 rings (SSSR count). The number of aromatic amines is 1. The number of fused-ring (bicyclic) bond motifs is 4. The van der Waals surface area contributed by atoms with Crippen LogP contribution >= 0.6 is 0 Å². The van der Waals surface area contributed by atoms with Crippen LogP contribution in [0, 0.1) is 0 Å². The van der Waals surface area contributed by atoms with Gasteiger partial charge in [0.1, 0.15) is 11.5 Å². The van der Waals surface area contributed by atoms with E-state index < -0.39 is 23.9 Å². The zero-order valence-corrected chi connectivity index (χ0v) is 18.1. The lowest BCUT2D eigenvalue weighted by molar-refractivity contribution is -0.137. The van der Waals surface area contributed by atoms with E-state index in [1.807, 2.05) is 6.92 Å². The molecule has 3 aromatic rings. The minimum Gasteiger partial charge on any atom is -0.383 e. The molecule has 10 heteroatoms. The van der Waals surface area contributed by atoms with E-state index in [9.17, 15) is 18.0 Å². The number of nitrogen functional groups attached to an aromatic ring is 1. The topological polar surface area (TPSA) is 93.5 Å². The Hall–Kier alpha value is -3.11. The van der Waals surface area contributed by atoms with Crippen LogP contribution in [0.3, 0.4) is 0 Å². The van der Waals surface area contributed by atoms with Gasteiger partial charge in [0.2, 0.25) is 0 Å². The first kappa shape index (κ1) is 21.7. The van der Waals surface area contributed by atoms with E-state index in [4.69, 9.17) is 15.2 Å². The molecule has 0 fully saturated rings. The third kappa shape index (κ3) is 3.53. The fourth-order valence-electron chi connectivity index (χ4n) is 4.67. The lowest BCUT2D eigenvalue weighted by Crippen LogP contribution is -2.37. The smallest absolute Gasteiger partial charge is 0.383 e. The van der Waals surface area contributed by atoms with E-state index in [1.165, 1.54) is 11.0 Å². The van der Waals surface area contributed by atoms with E-state index in [0.717, 1.165) is 23.3 Å². The summed E-state index contributed by atoms with van der Waals surface area (Å²) in [5.41, 5.74) is 9.70. The number of benzene rings is 1. The van der Waals surface area contributed by atoms with Gasteiger partial charge in [-0.15, -0.1) is 0 Å². The minimum atomic E-state index is -4.45. The number of nitrogens with one attached hydrogen (secondary N) is 1. The molecule has 0 bridgehead atoms. The molecule has 3 N–H and O–H groups in total. The molecule has 2 aliphatic rings. The highest BCUT2D eigenvalue weighted by atomic mass is 19.4. The number of carbonyl (C=O) groups excluding carboxylic acids is 1. The van der Waals surface area contributed by atoms with Gasteiger partial charge in [-0.25, -0.2) is 4.98 Å². The number of hydrogen-bond acceptors (Lipinski definition) is 5. The maximum Gasteiger partial charge on any atom is 0.416 e. The number of amides is 1. The summed E-state index contributed by atoms with van der Waals surface area (Å²) >= 11 is 0. The highest BCUT2D eigenvalue weighted by molar-refractivity contribution is 5.98. The van der Waals surface area contributed by atoms with Crippen LogP contribution in [0.15, 0.2) is 24.3 Å². The second-order valence-electron chi connectivity index (χ2n) is 8.39. The van der Waals surface area contributed by atoms with Gasteiger partial charge in [-0.2, -0.15) is 13.2 Å². The molecule has 1 aromatic carbocycles. The lowest BCUT2D eigenvalue weighted by atomic mass is 9.90. The second kappa shape index (κ2) is 7.74. The SMILES string of the molecule is CC[C@H]1OC[C@@H](N(C)C(=O)c2cc3nc(N)c4c(c3[nH]2)COC4)c2ccc(C(F)(F)F)cc21. The number of alkyl halides is 3. The molecule has 174 valence electrons. The van der Waals surface area contributed by atoms with Crippen molar-refractivity contribution in [3.05, 3.63) is 57.8 Å². The Labute approximate surface area is 187 Å². The first-order chi connectivity index (χ1) is 15.7. The maximum absolute atomic E-state index is 13.4. The van der Waals surface area contributed by atoms with Crippen LogP contribution in [-0.2, 0) is 28.9 Å². The van der Waals surface area contributed by atoms with Crippen molar-refractivity contribution >= 4 is 22.8 Å². The zero-order valence-electron chi connectivity index (χ0n) is 18.1. The molecule has 0 spiro atoms. The summed E-state index contributed by atoms with van der Waals surface area (Å²) in [4.78, 5) is 22.4. The van der Waals surface area contributed by atoms with Crippen molar-refractivity contribution in [2.75, 3.05) is 19.4 Å². The number of pyridine rings is 1. The van der Waals surface area contributed by atoms with Gasteiger partial charge in [-0.3, -0.25) is 4.79 Å². The summed E-state index contributed by atoms with van der Waals surface area (Å²) in [5, 5.41) is 0. The number of halogens is 3. The Bertz CT molecular complexity index is 1250. The summed E-state index contributed by atoms with van der Waals surface area (Å²) in [7, 11) is 1.62. The number of rotatable bonds is 3. The molecule has 0 saturated carbocycles. The number of likely N-dealkylation sites (N-methyl/N-ethyl adjacent to an activating group) is 1. The minimum absolute atomic E-state index is 0.188. The summed E-state index contributed by atoms with van der Waals surface area (Å²) in [6.07, 6.45) is -4.38. The number of hydrogen-bond donors (Lipinski definition) is 2. The molecule has 7 nitrogen and oxygen atoms in total. The highest BCUT2D eigenvalue weighted by Crippen LogP contribution is 2.41. The summed E-state index contributed by atoms with van der Waals surface area (Å²) in [5.74, 6) is 0.0515. The molecule has 2 aliphatic heterocycles. The van der Waals surface area contributed by atoms with E-state index in [1.54, 1.807) is 13.1 Å². The molecule has 4 heterocycles. The van der Waals surface area contributed by atoms with Crippen molar-refractivity contribution in [2.45, 2.75) is 44.9 Å². The van der Waals surface area contributed by atoms with Gasteiger partial charge >= 0.3 is 6.18 Å². The van der Waals surface area contributed by atoms with Crippen LogP contribution in [0.25, 0.3) is 11.0 Å². The number of nitrogens with two attached hydrogens (primary N) is 1. The molecule has 2 aromatic heterocycles. The Morgan fingerprint density at radius 1 is 1.24 bits per heavy atom. The molecular formula is C23H23F3N4O3. The monoisotopic (exact) mass is 460 g/mol. The maximum atomic E-state index is 13.4. The first-order valence-corrected chi connectivity index (χ1v) is 10.7. The first-order valence-electron chi connectivity index (χ1n) is 10.7. The van der Waals surface area contributed by atoms with Gasteiger partial charge in [-0.1, -0.05) is 13.0 Å². The van der Waals surface area contributed by atoms with Crippen LogP contribution in [-0.4, -0.2) is 34.4 Å². The Balaban J connectivity index is 1.50. The standard InChI is InChI=1S/C23H23F3N4O3/c1-3-19-13-6-11(23(24,25)26)4-5-12(13)18(10-33-19)30(2)22(31)17-7-16-20(28-17)14-8-32-9-15(14)21(27)29-16/h4-7,18-19,28H,3,8-10H2,1-2H3,(H2,27,29)/t18-,19-/m1/s1. The van der Waals surface area contributed by atoms with Crippen LogP contribution in [0.4, 0.5) is 19.0 Å². The number of aromatic nitrogens is 2. The third-order valence-corrected chi connectivity index (χ3v) is 6.47. The number of ether oxygens (including phenoxy) is 2. The van der Waals surface area contributed by atoms with E-state index in [-0.39, 0.29) is 12.5 Å². The molecule has 2 atom stereocenters. The van der Waals surface area contributed by atoms with Crippen molar-refractivity contribution < 1.29 is 27.4 Å². The number of anilines is 1. The van der Waals surface area contributed by atoms with Crippen LogP contribution in [0.2, 0.25) is 0 Å². The van der Waals surface area contributed by atoms with Gasteiger partial charge in [0.05, 0.1) is 48.6 Å². The summed E-state index contributed by atoms with van der Waals surface area (Å²) < 4.78 is 51.2. The van der Waals surface area contributed by atoms with Crippen molar-refractivity contribution in [3.8, 4) is 0 Å². The molecule has 0 saturated heterocycles. The number of nitrogens with zero attached hydrogens (tertiary/aromatic N) is 2. The molecule has 0 unspecified atom stereocenters. The van der Waals surface area contributed by atoms with Gasteiger partial charge < -0.3 is 25.1 Å². The Morgan fingerprint density at radius 2 is 2.00 bits per heavy atom. The van der Waals surface area contributed by atoms with Crippen molar-refractivity contribution in [1.29, 1.82) is 0 Å². The predicted octanol–water partition coefficient (Wildman–Crippen LogP) is 4.49. The predicted molar refractivity (Wildman–Crippen MR) is 114 cm³/mol. The van der Waals surface area contributed by atoms with Crippen molar-refractivity contribution in [3.63, 3.8) is 0 Å². The van der Waals surface area contributed by atoms with Gasteiger partial charge in [0.15, 0.2) is 0 Å². The second-order valence-corrected chi connectivity index (χ2v) is 8.39. The fourth-order valence-corrected chi connectivity index (χ4v) is 4.67. The average molecular weight is 460 g/mol. The van der Waals surface area contributed by atoms with Gasteiger partial charge in [0, 0.05) is 18.2 Å². The molecule has 33 heavy (non-hydrogen) atoms. The summed E-state index contributed by atoms with van der Waals surface area (Å²) in [6, 6.07) is 4.75. The fraction of sp³-hybridized carbons (Fsp3) is 0.391. The lowest BCUT2D eigenvalue weighted by Gasteiger charge is -2.37. The Morgan fingerprint density at radius 3 is 2.73 bits per heavy atom. The number of H-pyrrole nitrogens is 1. The van der Waals surface area contributed by atoms with E-state index in [2.05, 4.69) is 9.97 Å². The van der Waals surface area contributed by atoms with Crippen molar-refractivity contribution in [1.82, 2.24) is 14.9 Å². The normalized spacial score (nSPS) is 20.0. The van der Waals surface area contributed by atoms with Crippen molar-refractivity contribution in [2.24, 2.45) is 0 Å². The molecule has 0 aliphatic carbocycles. The van der Waals surface area contributed by atoms with Crippen LogP contribution in [0.1, 0.15) is 63.8 Å². The molecule has 1 amide bonds. The van der Waals surface area contributed by atoms with Gasteiger partial charge in [-0.05, 0) is 35.7 Å². The van der Waals surface area contributed by atoms with Gasteiger partial charge in [0.25, 0.3) is 5.91 Å².